The topological polar surface area (TPSA) is 82.2 Å². The number of benzene rings is 1. The molecule has 0 atom stereocenters. The van der Waals surface area contributed by atoms with Crippen LogP contribution in [0.2, 0.25) is 5.02 Å². The quantitative estimate of drug-likeness (QED) is 0.717. The molecule has 2 saturated heterocycles. The summed E-state index contributed by atoms with van der Waals surface area (Å²) in [7, 11) is 0. The van der Waals surface area contributed by atoms with Crippen molar-refractivity contribution in [1.82, 2.24) is 14.7 Å². The Kier molecular flexibility index (Phi) is 7.54. The number of carbonyl (C=O) groups excluding carboxylic acids is 3. The van der Waals surface area contributed by atoms with Crippen molar-refractivity contribution in [3.05, 3.63) is 28.8 Å². The number of piperazine rings is 1. The van der Waals surface area contributed by atoms with E-state index in [1.807, 2.05) is 44.7 Å². The minimum absolute atomic E-state index is 0.0937. The Morgan fingerprint density at radius 2 is 1.56 bits per heavy atom. The Balaban J connectivity index is 1.44. The summed E-state index contributed by atoms with van der Waals surface area (Å²) in [5, 5.41) is 3.48. The van der Waals surface area contributed by atoms with E-state index in [-0.39, 0.29) is 23.9 Å². The number of hydrogen-bond acceptors (Lipinski definition) is 4. The van der Waals surface area contributed by atoms with Gasteiger partial charge in [0.05, 0.1) is 0 Å². The Hall–Kier alpha value is -2.48. The van der Waals surface area contributed by atoms with Gasteiger partial charge in [-0.05, 0) is 58.2 Å². The van der Waals surface area contributed by atoms with Crippen LogP contribution in [-0.4, -0.2) is 77.6 Å². The number of hydrogen-bond donors (Lipinski definition) is 1. The molecular weight excluding hydrogens is 432 g/mol. The van der Waals surface area contributed by atoms with Gasteiger partial charge >= 0.3 is 12.1 Å². The summed E-state index contributed by atoms with van der Waals surface area (Å²) in [4.78, 5) is 42.9. The van der Waals surface area contributed by atoms with Gasteiger partial charge in [-0.1, -0.05) is 17.7 Å². The third-order valence-electron chi connectivity index (χ3n) is 5.80. The zero-order valence-corrected chi connectivity index (χ0v) is 20.1. The number of nitrogens with one attached hydrogen (secondary N) is 1. The molecule has 2 heterocycles. The van der Waals surface area contributed by atoms with Crippen LogP contribution in [0.15, 0.2) is 18.2 Å². The molecule has 0 unspecified atom stereocenters. The summed E-state index contributed by atoms with van der Waals surface area (Å²) in [6, 6.07) is 5.23. The van der Waals surface area contributed by atoms with Crippen LogP contribution in [0.1, 0.15) is 39.2 Å². The highest BCUT2D eigenvalue weighted by atomic mass is 35.5. The highest BCUT2D eigenvalue weighted by molar-refractivity contribution is 6.31. The second-order valence-corrected chi connectivity index (χ2v) is 9.86. The molecule has 1 aromatic carbocycles. The summed E-state index contributed by atoms with van der Waals surface area (Å²) in [6.45, 7) is 10.5. The third-order valence-corrected chi connectivity index (χ3v) is 6.20. The number of carbonyl (C=O) groups is 3. The number of piperidine rings is 1. The maximum atomic E-state index is 13.0. The zero-order valence-electron chi connectivity index (χ0n) is 19.3. The van der Waals surface area contributed by atoms with Crippen LogP contribution in [-0.2, 0) is 9.53 Å². The molecule has 1 aromatic rings. The first-order chi connectivity index (χ1) is 15.0. The van der Waals surface area contributed by atoms with E-state index in [1.165, 1.54) is 0 Å². The number of rotatable bonds is 2. The number of nitrogens with zero attached hydrogens (tertiary/aromatic N) is 3. The second kappa shape index (κ2) is 9.98. The number of ether oxygens (including phenoxy) is 1. The number of aryl methyl sites for hydroxylation is 1. The molecule has 0 saturated carbocycles. The molecular formula is C23H33ClN4O4. The minimum atomic E-state index is -0.526. The van der Waals surface area contributed by atoms with Crippen molar-refractivity contribution in [3.8, 4) is 0 Å². The van der Waals surface area contributed by atoms with Gasteiger partial charge in [0.2, 0.25) is 5.91 Å². The van der Waals surface area contributed by atoms with E-state index in [9.17, 15) is 14.4 Å². The van der Waals surface area contributed by atoms with Crippen LogP contribution in [0.4, 0.5) is 15.3 Å². The lowest BCUT2D eigenvalue weighted by molar-refractivity contribution is -0.138. The summed E-state index contributed by atoms with van der Waals surface area (Å²) in [5.41, 5.74) is 1.08. The van der Waals surface area contributed by atoms with Crippen molar-refractivity contribution in [1.29, 1.82) is 0 Å². The molecule has 0 aliphatic carbocycles. The highest BCUT2D eigenvalue weighted by Crippen LogP contribution is 2.23. The normalized spacial score (nSPS) is 17.8. The molecule has 32 heavy (non-hydrogen) atoms. The number of halogens is 1. The van der Waals surface area contributed by atoms with E-state index in [2.05, 4.69) is 5.32 Å². The van der Waals surface area contributed by atoms with Crippen molar-refractivity contribution in [2.75, 3.05) is 44.6 Å². The molecule has 3 rings (SSSR count). The van der Waals surface area contributed by atoms with E-state index in [0.29, 0.717) is 62.8 Å². The van der Waals surface area contributed by atoms with Crippen LogP contribution >= 0.6 is 11.6 Å². The molecule has 176 valence electrons. The van der Waals surface area contributed by atoms with Crippen LogP contribution in [0, 0.1) is 12.8 Å². The lowest BCUT2D eigenvalue weighted by atomic mass is 9.95. The van der Waals surface area contributed by atoms with Gasteiger partial charge in [-0.2, -0.15) is 0 Å². The van der Waals surface area contributed by atoms with Gasteiger partial charge in [-0.15, -0.1) is 0 Å². The van der Waals surface area contributed by atoms with Gasteiger partial charge in [0.15, 0.2) is 0 Å². The standard InChI is InChI=1S/C23H33ClN4O4/c1-16-5-6-18(15-19(16)24)25-21(30)27-13-11-26(12-14-27)20(29)17-7-9-28(10-8-17)22(31)32-23(2,3)4/h5-6,15,17H,7-14H2,1-4H3,(H,25,30). The number of amides is 4. The number of urea groups is 1. The first kappa shape index (κ1) is 24.2. The van der Waals surface area contributed by atoms with Crippen LogP contribution in [0.3, 0.4) is 0 Å². The van der Waals surface area contributed by atoms with E-state index < -0.39 is 5.60 Å². The number of anilines is 1. The summed E-state index contributed by atoms with van der Waals surface area (Å²) in [5.74, 6) is 0.0166. The summed E-state index contributed by atoms with van der Waals surface area (Å²) < 4.78 is 5.42. The van der Waals surface area contributed by atoms with Crippen LogP contribution in [0.25, 0.3) is 0 Å². The smallest absolute Gasteiger partial charge is 0.410 e. The molecule has 2 aliphatic rings. The Bertz CT molecular complexity index is 854. The molecule has 2 aliphatic heterocycles. The van der Waals surface area contributed by atoms with Crippen molar-refractivity contribution < 1.29 is 19.1 Å². The molecule has 0 aromatic heterocycles. The van der Waals surface area contributed by atoms with E-state index in [4.69, 9.17) is 16.3 Å². The molecule has 4 amide bonds. The minimum Gasteiger partial charge on any atom is -0.444 e. The lowest BCUT2D eigenvalue weighted by Crippen LogP contribution is -2.54. The van der Waals surface area contributed by atoms with Crippen molar-refractivity contribution in [2.24, 2.45) is 5.92 Å². The summed E-state index contributed by atoms with van der Waals surface area (Å²) in [6.07, 6.45) is 0.942. The molecule has 0 spiro atoms. The largest absolute Gasteiger partial charge is 0.444 e. The van der Waals surface area contributed by atoms with Gasteiger partial charge in [0.25, 0.3) is 0 Å². The maximum Gasteiger partial charge on any atom is 0.410 e. The fraction of sp³-hybridized carbons (Fsp3) is 0.609. The Morgan fingerprint density at radius 1 is 0.969 bits per heavy atom. The van der Waals surface area contributed by atoms with Gasteiger partial charge in [-0.3, -0.25) is 4.79 Å². The third kappa shape index (κ3) is 6.28. The van der Waals surface area contributed by atoms with Crippen LogP contribution in [0.5, 0.6) is 0 Å². The number of likely N-dealkylation sites (tertiary alicyclic amines) is 1. The molecule has 8 nitrogen and oxygen atoms in total. The average Bonchev–Trinajstić information content (AvgIpc) is 2.75. The lowest BCUT2D eigenvalue weighted by Gasteiger charge is -2.38. The molecule has 1 N–H and O–H groups in total. The van der Waals surface area contributed by atoms with E-state index >= 15 is 0 Å². The van der Waals surface area contributed by atoms with Gasteiger partial charge < -0.3 is 24.8 Å². The van der Waals surface area contributed by atoms with Crippen molar-refractivity contribution in [3.63, 3.8) is 0 Å². The fourth-order valence-electron chi connectivity index (χ4n) is 3.90. The van der Waals surface area contributed by atoms with Crippen LogP contribution < -0.4 is 5.32 Å². The van der Waals surface area contributed by atoms with E-state index in [1.54, 1.807) is 15.9 Å². The predicted molar refractivity (Wildman–Crippen MR) is 124 cm³/mol. The fourth-order valence-corrected chi connectivity index (χ4v) is 4.08. The first-order valence-electron chi connectivity index (χ1n) is 11.1. The Labute approximate surface area is 194 Å². The van der Waals surface area contributed by atoms with E-state index in [0.717, 1.165) is 5.56 Å². The monoisotopic (exact) mass is 464 g/mol. The predicted octanol–water partition coefficient (Wildman–Crippen LogP) is 3.97. The SMILES string of the molecule is Cc1ccc(NC(=O)N2CCN(C(=O)C3CCN(C(=O)OC(C)(C)C)CC3)CC2)cc1Cl. The Morgan fingerprint density at radius 3 is 2.12 bits per heavy atom. The second-order valence-electron chi connectivity index (χ2n) is 9.45. The maximum absolute atomic E-state index is 13.0. The molecule has 0 radical (unpaired) electrons. The van der Waals surface area contributed by atoms with Gasteiger partial charge in [0, 0.05) is 55.9 Å². The summed E-state index contributed by atoms with van der Waals surface area (Å²) >= 11 is 6.13. The molecule has 9 heteroatoms. The first-order valence-corrected chi connectivity index (χ1v) is 11.5. The van der Waals surface area contributed by atoms with Crippen molar-refractivity contribution in [2.45, 2.75) is 46.1 Å². The zero-order chi connectivity index (χ0) is 23.5. The van der Waals surface area contributed by atoms with Crippen molar-refractivity contribution >= 4 is 35.3 Å². The highest BCUT2D eigenvalue weighted by Gasteiger charge is 2.33. The van der Waals surface area contributed by atoms with Gasteiger partial charge in [-0.25, -0.2) is 9.59 Å². The van der Waals surface area contributed by atoms with Gasteiger partial charge in [0.1, 0.15) is 5.60 Å². The molecule has 0 bridgehead atoms. The average molecular weight is 465 g/mol. The molecule has 2 fully saturated rings.